The lowest BCUT2D eigenvalue weighted by molar-refractivity contribution is 0.0930. The van der Waals surface area contributed by atoms with Gasteiger partial charge in [-0.1, -0.05) is 48.9 Å². The van der Waals surface area contributed by atoms with Crippen LogP contribution in [0.25, 0.3) is 5.65 Å². The van der Waals surface area contributed by atoms with Crippen molar-refractivity contribution >= 4 is 23.2 Å². The zero-order chi connectivity index (χ0) is 15.5. The van der Waals surface area contributed by atoms with Crippen LogP contribution in [0.3, 0.4) is 0 Å². The van der Waals surface area contributed by atoms with E-state index in [2.05, 4.69) is 15.4 Å². The van der Waals surface area contributed by atoms with Gasteiger partial charge in [-0.3, -0.25) is 4.79 Å². The molecule has 2 heterocycles. The van der Waals surface area contributed by atoms with Crippen molar-refractivity contribution in [3.05, 3.63) is 65.1 Å². The van der Waals surface area contributed by atoms with E-state index >= 15 is 0 Å². The van der Waals surface area contributed by atoms with Crippen LogP contribution in [-0.4, -0.2) is 20.5 Å². The van der Waals surface area contributed by atoms with Gasteiger partial charge in [0.25, 0.3) is 5.91 Å². The molecule has 0 aliphatic heterocycles. The molecule has 0 aliphatic carbocycles. The van der Waals surface area contributed by atoms with Crippen LogP contribution in [0.5, 0.6) is 0 Å². The summed E-state index contributed by atoms with van der Waals surface area (Å²) in [6.07, 6.45) is 4.10. The van der Waals surface area contributed by atoms with Gasteiger partial charge in [-0.25, -0.2) is 9.50 Å². The van der Waals surface area contributed by atoms with Crippen molar-refractivity contribution in [3.63, 3.8) is 0 Å². The summed E-state index contributed by atoms with van der Waals surface area (Å²) in [5.74, 6) is -0.300. The number of nitrogens with one attached hydrogen (secondary N) is 1. The first kappa shape index (κ1) is 14.5. The number of halogens is 1. The van der Waals surface area contributed by atoms with E-state index in [9.17, 15) is 4.79 Å². The van der Waals surface area contributed by atoms with Crippen LogP contribution in [0.15, 0.2) is 48.8 Å². The van der Waals surface area contributed by atoms with Gasteiger partial charge in [-0.05, 0) is 18.1 Å². The minimum absolute atomic E-state index is 0.0810. The Bertz CT molecular complexity index is 800. The fourth-order valence-electron chi connectivity index (χ4n) is 2.34. The van der Waals surface area contributed by atoms with Gasteiger partial charge in [0.05, 0.1) is 6.04 Å². The van der Waals surface area contributed by atoms with E-state index in [1.165, 1.54) is 4.52 Å². The Kier molecular flexibility index (Phi) is 4.06. The Labute approximate surface area is 132 Å². The fraction of sp³-hybridized carbons (Fsp3) is 0.188. The molecule has 3 aromatic rings. The SMILES string of the molecule is CCC(NC(=O)c1nn2cccnc2c1Cl)c1ccccc1. The van der Waals surface area contributed by atoms with Gasteiger partial charge in [0, 0.05) is 12.4 Å². The first-order chi connectivity index (χ1) is 10.7. The zero-order valence-corrected chi connectivity index (χ0v) is 12.8. The maximum absolute atomic E-state index is 12.5. The summed E-state index contributed by atoms with van der Waals surface area (Å²) in [4.78, 5) is 16.6. The van der Waals surface area contributed by atoms with Crippen LogP contribution < -0.4 is 5.32 Å². The van der Waals surface area contributed by atoms with E-state index in [-0.39, 0.29) is 22.7 Å². The predicted octanol–water partition coefficient (Wildman–Crippen LogP) is 3.26. The summed E-state index contributed by atoms with van der Waals surface area (Å²) in [5.41, 5.74) is 1.72. The molecule has 1 atom stereocenters. The lowest BCUT2D eigenvalue weighted by Gasteiger charge is -2.16. The molecule has 2 aromatic heterocycles. The number of aromatic nitrogens is 3. The van der Waals surface area contributed by atoms with E-state index in [4.69, 9.17) is 11.6 Å². The number of hydrogen-bond donors (Lipinski definition) is 1. The molecule has 0 saturated heterocycles. The average Bonchev–Trinajstić information content (AvgIpc) is 2.91. The summed E-state index contributed by atoms with van der Waals surface area (Å²) in [6, 6.07) is 11.5. The number of fused-ring (bicyclic) bond motifs is 1. The van der Waals surface area contributed by atoms with Gasteiger partial charge in [-0.2, -0.15) is 5.10 Å². The minimum Gasteiger partial charge on any atom is -0.344 e. The van der Waals surface area contributed by atoms with Crippen LogP contribution in [0, 0.1) is 0 Å². The maximum atomic E-state index is 12.5. The monoisotopic (exact) mass is 314 g/mol. The number of rotatable bonds is 4. The van der Waals surface area contributed by atoms with E-state index in [1.807, 2.05) is 37.3 Å². The van der Waals surface area contributed by atoms with Crippen LogP contribution in [-0.2, 0) is 0 Å². The van der Waals surface area contributed by atoms with Gasteiger partial charge in [0.1, 0.15) is 5.02 Å². The highest BCUT2D eigenvalue weighted by Crippen LogP contribution is 2.22. The Morgan fingerprint density at radius 1 is 1.32 bits per heavy atom. The first-order valence-corrected chi connectivity index (χ1v) is 7.43. The molecule has 1 aromatic carbocycles. The second-order valence-electron chi connectivity index (χ2n) is 4.90. The number of carbonyl (C=O) groups excluding carboxylic acids is 1. The third kappa shape index (κ3) is 2.67. The highest BCUT2D eigenvalue weighted by molar-refractivity contribution is 6.36. The second-order valence-corrected chi connectivity index (χ2v) is 5.27. The van der Waals surface area contributed by atoms with Crippen molar-refractivity contribution in [2.75, 3.05) is 0 Å². The lowest BCUT2D eigenvalue weighted by Crippen LogP contribution is -2.28. The van der Waals surface area contributed by atoms with Crippen LogP contribution in [0.4, 0.5) is 0 Å². The Morgan fingerprint density at radius 3 is 2.77 bits per heavy atom. The smallest absolute Gasteiger partial charge is 0.273 e. The average molecular weight is 315 g/mol. The van der Waals surface area contributed by atoms with Gasteiger partial charge in [0.15, 0.2) is 11.3 Å². The molecule has 6 heteroatoms. The molecule has 0 fully saturated rings. The number of benzene rings is 1. The van der Waals surface area contributed by atoms with E-state index < -0.39 is 0 Å². The van der Waals surface area contributed by atoms with Gasteiger partial charge < -0.3 is 5.32 Å². The predicted molar refractivity (Wildman–Crippen MR) is 84.9 cm³/mol. The molecule has 0 radical (unpaired) electrons. The molecule has 3 rings (SSSR count). The second kappa shape index (κ2) is 6.15. The maximum Gasteiger partial charge on any atom is 0.273 e. The van der Waals surface area contributed by atoms with Crippen molar-refractivity contribution in [2.45, 2.75) is 19.4 Å². The van der Waals surface area contributed by atoms with E-state index in [0.29, 0.717) is 5.65 Å². The molecule has 1 unspecified atom stereocenters. The van der Waals surface area contributed by atoms with Crippen LogP contribution in [0.1, 0.15) is 35.4 Å². The summed E-state index contributed by atoms with van der Waals surface area (Å²) in [5, 5.41) is 7.44. The van der Waals surface area contributed by atoms with Crippen molar-refractivity contribution in [2.24, 2.45) is 0 Å². The standard InChI is InChI=1S/C16H15ClN4O/c1-2-12(11-7-4-3-5-8-11)19-16(22)14-13(17)15-18-9-6-10-21(15)20-14/h3-10,12H,2H2,1H3,(H,19,22). The zero-order valence-electron chi connectivity index (χ0n) is 12.0. The molecular formula is C16H15ClN4O. The Balaban J connectivity index is 1.88. The van der Waals surface area contributed by atoms with Crippen LogP contribution >= 0.6 is 11.6 Å². The molecule has 5 nitrogen and oxygen atoms in total. The largest absolute Gasteiger partial charge is 0.344 e. The number of hydrogen-bond acceptors (Lipinski definition) is 3. The third-order valence-electron chi connectivity index (χ3n) is 3.47. The quantitative estimate of drug-likeness (QED) is 0.804. The summed E-state index contributed by atoms with van der Waals surface area (Å²) >= 11 is 6.22. The van der Waals surface area contributed by atoms with E-state index in [1.54, 1.807) is 18.5 Å². The highest BCUT2D eigenvalue weighted by Gasteiger charge is 2.21. The van der Waals surface area contributed by atoms with Gasteiger partial charge in [-0.15, -0.1) is 0 Å². The van der Waals surface area contributed by atoms with Crippen molar-refractivity contribution < 1.29 is 4.79 Å². The van der Waals surface area contributed by atoms with Crippen molar-refractivity contribution in [1.29, 1.82) is 0 Å². The molecule has 1 N–H and O–H groups in total. The minimum atomic E-state index is -0.300. The molecule has 0 bridgehead atoms. The molecule has 112 valence electrons. The summed E-state index contributed by atoms with van der Waals surface area (Å²) in [6.45, 7) is 2.02. The highest BCUT2D eigenvalue weighted by atomic mass is 35.5. The Morgan fingerprint density at radius 2 is 2.09 bits per heavy atom. The molecule has 0 spiro atoms. The normalized spacial score (nSPS) is 12.3. The number of amides is 1. The van der Waals surface area contributed by atoms with Crippen LogP contribution in [0.2, 0.25) is 5.02 Å². The topological polar surface area (TPSA) is 59.3 Å². The van der Waals surface area contributed by atoms with Crippen molar-refractivity contribution in [1.82, 2.24) is 19.9 Å². The van der Waals surface area contributed by atoms with Gasteiger partial charge in [0.2, 0.25) is 0 Å². The summed E-state index contributed by atoms with van der Waals surface area (Å²) < 4.78 is 1.50. The Hall–Kier alpha value is -2.40. The number of carbonyl (C=O) groups is 1. The van der Waals surface area contributed by atoms with Gasteiger partial charge >= 0.3 is 0 Å². The molecule has 1 amide bonds. The molecule has 0 aliphatic rings. The lowest BCUT2D eigenvalue weighted by atomic mass is 10.0. The summed E-state index contributed by atoms with van der Waals surface area (Å²) in [7, 11) is 0. The molecule has 0 saturated carbocycles. The first-order valence-electron chi connectivity index (χ1n) is 7.05. The number of nitrogens with zero attached hydrogens (tertiary/aromatic N) is 3. The third-order valence-corrected chi connectivity index (χ3v) is 3.82. The molecule has 22 heavy (non-hydrogen) atoms. The van der Waals surface area contributed by atoms with E-state index in [0.717, 1.165) is 12.0 Å². The fourth-order valence-corrected chi connectivity index (χ4v) is 2.60. The van der Waals surface area contributed by atoms with Crippen molar-refractivity contribution in [3.8, 4) is 0 Å². The molecular weight excluding hydrogens is 300 g/mol.